The second kappa shape index (κ2) is 5.99. The fraction of sp³-hybridized carbons (Fsp3) is 0.350. The van der Waals surface area contributed by atoms with Crippen LogP contribution in [0.25, 0.3) is 21.7 Å². The van der Waals surface area contributed by atoms with Crippen LogP contribution in [0.1, 0.15) is 37.9 Å². The third-order valence-electron chi connectivity index (χ3n) is 4.80. The predicted octanol–water partition coefficient (Wildman–Crippen LogP) is 3.81. The second-order valence-corrected chi connectivity index (χ2v) is 6.87. The van der Waals surface area contributed by atoms with Crippen molar-refractivity contribution < 1.29 is 9.21 Å². The lowest BCUT2D eigenvalue weighted by Crippen LogP contribution is -2.21. The van der Waals surface area contributed by atoms with Crippen LogP contribution in [0.4, 0.5) is 5.82 Å². The Labute approximate surface area is 145 Å². The zero-order valence-electron chi connectivity index (χ0n) is 14.4. The topological polar surface area (TPSA) is 72.2 Å². The number of carbonyl (C=O) groups is 1. The molecule has 2 heterocycles. The smallest absolute Gasteiger partial charge is 0.347 e. The number of nitrogens with zero attached hydrogens (tertiary/aromatic N) is 1. The molecule has 2 aromatic heterocycles. The summed E-state index contributed by atoms with van der Waals surface area (Å²) in [4.78, 5) is 29.5. The van der Waals surface area contributed by atoms with E-state index in [0.29, 0.717) is 16.8 Å². The average Bonchev–Trinajstić information content (AvgIpc) is 2.61. The predicted molar refractivity (Wildman–Crippen MR) is 97.9 cm³/mol. The molecule has 5 heteroatoms. The van der Waals surface area contributed by atoms with Crippen molar-refractivity contribution in [1.82, 2.24) is 4.98 Å². The number of rotatable bonds is 2. The van der Waals surface area contributed by atoms with Crippen LogP contribution in [-0.4, -0.2) is 10.9 Å². The Hall–Kier alpha value is -2.69. The first-order valence-electron chi connectivity index (χ1n) is 8.74. The minimum Gasteiger partial charge on any atom is -0.422 e. The Morgan fingerprint density at radius 3 is 2.72 bits per heavy atom. The van der Waals surface area contributed by atoms with E-state index in [-0.39, 0.29) is 11.8 Å². The molecule has 1 amide bonds. The van der Waals surface area contributed by atoms with Crippen molar-refractivity contribution in [2.75, 3.05) is 5.32 Å². The van der Waals surface area contributed by atoms with Gasteiger partial charge in [0, 0.05) is 22.4 Å². The van der Waals surface area contributed by atoms with Gasteiger partial charge in [0.1, 0.15) is 16.8 Å². The summed E-state index contributed by atoms with van der Waals surface area (Å²) in [5.41, 5.74) is 2.22. The van der Waals surface area contributed by atoms with Crippen LogP contribution in [0.15, 0.2) is 33.5 Å². The second-order valence-electron chi connectivity index (χ2n) is 6.87. The normalized spacial score (nSPS) is 14.0. The number of pyridine rings is 1. The zero-order valence-corrected chi connectivity index (χ0v) is 14.4. The molecule has 0 spiro atoms. The Bertz CT molecular complexity index is 1050. The standard InChI is InChI=1S/C20H20N2O3/c1-11(2)19(23)22-18-17-16(12-7-3-5-9-14(12)21-18)13-8-4-6-10-15(13)25-20(17)24/h4,6,8,10-11H,3,5,7,9H2,1-2H3,(H,21,22,23). The molecule has 3 aromatic rings. The van der Waals surface area contributed by atoms with Crippen LogP contribution >= 0.6 is 0 Å². The number of fused-ring (bicyclic) bond motifs is 5. The van der Waals surface area contributed by atoms with E-state index in [1.54, 1.807) is 6.07 Å². The van der Waals surface area contributed by atoms with Gasteiger partial charge in [0.05, 0.1) is 0 Å². The summed E-state index contributed by atoms with van der Waals surface area (Å²) in [6.45, 7) is 3.63. The number of hydrogen-bond donors (Lipinski definition) is 1. The fourth-order valence-corrected chi connectivity index (χ4v) is 3.50. The molecule has 1 aromatic carbocycles. The molecule has 0 saturated carbocycles. The van der Waals surface area contributed by atoms with Crippen molar-refractivity contribution in [3.05, 3.63) is 45.9 Å². The van der Waals surface area contributed by atoms with E-state index in [0.717, 1.165) is 47.7 Å². The van der Waals surface area contributed by atoms with Crippen molar-refractivity contribution in [1.29, 1.82) is 0 Å². The highest BCUT2D eigenvalue weighted by Crippen LogP contribution is 2.34. The van der Waals surface area contributed by atoms with E-state index < -0.39 is 5.63 Å². The molecule has 1 aliphatic carbocycles. The molecule has 128 valence electrons. The maximum absolute atomic E-state index is 12.7. The Balaban J connectivity index is 2.11. The Morgan fingerprint density at radius 2 is 1.92 bits per heavy atom. The number of para-hydroxylation sites is 1. The van der Waals surface area contributed by atoms with Crippen molar-refractivity contribution in [2.45, 2.75) is 39.5 Å². The van der Waals surface area contributed by atoms with Gasteiger partial charge in [-0.15, -0.1) is 0 Å². The quantitative estimate of drug-likeness (QED) is 0.570. The summed E-state index contributed by atoms with van der Waals surface area (Å²) >= 11 is 0. The van der Waals surface area contributed by atoms with Crippen LogP contribution < -0.4 is 10.9 Å². The van der Waals surface area contributed by atoms with E-state index in [4.69, 9.17) is 4.42 Å². The highest BCUT2D eigenvalue weighted by Gasteiger charge is 2.23. The lowest BCUT2D eigenvalue weighted by atomic mass is 9.90. The van der Waals surface area contributed by atoms with E-state index in [1.807, 2.05) is 32.0 Å². The number of aryl methyl sites for hydroxylation is 2. The summed E-state index contributed by atoms with van der Waals surface area (Å²) < 4.78 is 5.50. The number of benzene rings is 1. The number of anilines is 1. The maximum atomic E-state index is 12.7. The van der Waals surface area contributed by atoms with Gasteiger partial charge in [0.25, 0.3) is 0 Å². The third kappa shape index (κ3) is 2.60. The molecule has 1 aliphatic rings. The lowest BCUT2D eigenvalue weighted by Gasteiger charge is -2.20. The van der Waals surface area contributed by atoms with Gasteiger partial charge in [-0.05, 0) is 37.3 Å². The van der Waals surface area contributed by atoms with E-state index in [2.05, 4.69) is 10.3 Å². The zero-order chi connectivity index (χ0) is 17.6. The number of aromatic nitrogens is 1. The molecule has 0 bridgehead atoms. The average molecular weight is 336 g/mol. The number of nitrogens with one attached hydrogen (secondary N) is 1. The van der Waals surface area contributed by atoms with Gasteiger partial charge in [-0.25, -0.2) is 9.78 Å². The van der Waals surface area contributed by atoms with Gasteiger partial charge in [0.2, 0.25) is 5.91 Å². The van der Waals surface area contributed by atoms with E-state index >= 15 is 0 Å². The lowest BCUT2D eigenvalue weighted by molar-refractivity contribution is -0.118. The molecule has 4 rings (SSSR count). The number of amides is 1. The summed E-state index contributed by atoms with van der Waals surface area (Å²) in [5, 5.41) is 5.00. The van der Waals surface area contributed by atoms with Crippen molar-refractivity contribution in [2.24, 2.45) is 5.92 Å². The molecule has 0 fully saturated rings. The van der Waals surface area contributed by atoms with Gasteiger partial charge in [-0.3, -0.25) is 4.79 Å². The van der Waals surface area contributed by atoms with Gasteiger partial charge < -0.3 is 9.73 Å². The maximum Gasteiger partial charge on any atom is 0.347 e. The van der Waals surface area contributed by atoms with Crippen molar-refractivity contribution >= 4 is 33.5 Å². The van der Waals surface area contributed by atoms with Crippen LogP contribution in [0.2, 0.25) is 0 Å². The van der Waals surface area contributed by atoms with Crippen LogP contribution in [0.3, 0.4) is 0 Å². The molecule has 0 aliphatic heterocycles. The monoisotopic (exact) mass is 336 g/mol. The molecule has 5 nitrogen and oxygen atoms in total. The first kappa shape index (κ1) is 15.8. The van der Waals surface area contributed by atoms with Crippen molar-refractivity contribution in [3.8, 4) is 0 Å². The molecule has 0 saturated heterocycles. The molecular weight excluding hydrogens is 316 g/mol. The molecule has 0 unspecified atom stereocenters. The van der Waals surface area contributed by atoms with E-state index in [9.17, 15) is 9.59 Å². The van der Waals surface area contributed by atoms with Crippen LogP contribution in [0.5, 0.6) is 0 Å². The van der Waals surface area contributed by atoms with E-state index in [1.165, 1.54) is 0 Å². The number of hydrogen-bond acceptors (Lipinski definition) is 4. The van der Waals surface area contributed by atoms with Crippen molar-refractivity contribution in [3.63, 3.8) is 0 Å². The highest BCUT2D eigenvalue weighted by molar-refractivity contribution is 6.12. The van der Waals surface area contributed by atoms with Gasteiger partial charge in [-0.1, -0.05) is 32.0 Å². The first-order valence-corrected chi connectivity index (χ1v) is 8.74. The SMILES string of the molecule is CC(C)C(=O)Nc1nc2c(c3c1c(=O)oc1ccccc13)CCCC2. The Kier molecular flexibility index (Phi) is 3.79. The molecular formula is C20H20N2O3. The molecule has 1 N–H and O–H groups in total. The molecule has 25 heavy (non-hydrogen) atoms. The minimum absolute atomic E-state index is 0.155. The molecule has 0 atom stereocenters. The third-order valence-corrected chi connectivity index (χ3v) is 4.80. The van der Waals surface area contributed by atoms with Gasteiger partial charge >= 0.3 is 5.63 Å². The number of carbonyl (C=O) groups excluding carboxylic acids is 1. The summed E-state index contributed by atoms with van der Waals surface area (Å²) in [6, 6.07) is 7.55. The minimum atomic E-state index is -0.450. The Morgan fingerprint density at radius 1 is 1.16 bits per heavy atom. The van der Waals surface area contributed by atoms with Crippen LogP contribution in [-0.2, 0) is 17.6 Å². The first-order chi connectivity index (χ1) is 12.1. The van der Waals surface area contributed by atoms with Gasteiger partial charge in [0.15, 0.2) is 0 Å². The summed E-state index contributed by atoms with van der Waals surface area (Å²) in [7, 11) is 0. The molecule has 0 radical (unpaired) electrons. The van der Waals surface area contributed by atoms with Crippen LogP contribution in [0, 0.1) is 5.92 Å². The highest BCUT2D eigenvalue weighted by atomic mass is 16.4. The van der Waals surface area contributed by atoms with Gasteiger partial charge in [-0.2, -0.15) is 0 Å². The summed E-state index contributed by atoms with van der Waals surface area (Å²) in [6.07, 6.45) is 3.91. The largest absolute Gasteiger partial charge is 0.422 e. The summed E-state index contributed by atoms with van der Waals surface area (Å²) in [5.74, 6) is -0.0219. The fourth-order valence-electron chi connectivity index (χ4n) is 3.50.